The van der Waals surface area contributed by atoms with Gasteiger partial charge in [0.15, 0.2) is 0 Å². The lowest BCUT2D eigenvalue weighted by molar-refractivity contribution is 0.0939. The summed E-state index contributed by atoms with van der Waals surface area (Å²) >= 11 is 1.76. The fourth-order valence-electron chi connectivity index (χ4n) is 2.37. The van der Waals surface area contributed by atoms with Crippen LogP contribution in [-0.4, -0.2) is 17.9 Å². The molecule has 1 amide bonds. The molecule has 1 unspecified atom stereocenters. The molecule has 0 aliphatic rings. The van der Waals surface area contributed by atoms with E-state index in [0.717, 1.165) is 5.69 Å². The van der Waals surface area contributed by atoms with E-state index in [9.17, 15) is 4.79 Å². The molecule has 21 heavy (non-hydrogen) atoms. The third-order valence-electron chi connectivity index (χ3n) is 3.37. The van der Waals surface area contributed by atoms with E-state index in [1.165, 1.54) is 15.3 Å². The van der Waals surface area contributed by atoms with E-state index in [-0.39, 0.29) is 11.9 Å². The van der Waals surface area contributed by atoms with Gasteiger partial charge in [0.1, 0.15) is 5.82 Å². The second-order valence-corrected chi connectivity index (χ2v) is 6.66. The van der Waals surface area contributed by atoms with Crippen LogP contribution >= 0.6 is 11.3 Å². The summed E-state index contributed by atoms with van der Waals surface area (Å²) in [5, 5.41) is 6.03. The predicted octanol–water partition coefficient (Wildman–Crippen LogP) is 3.60. The highest BCUT2D eigenvalue weighted by Gasteiger charge is 2.15. The summed E-state index contributed by atoms with van der Waals surface area (Å²) in [5.41, 5.74) is 2.64. The minimum Gasteiger partial charge on any atom is -0.373 e. The van der Waals surface area contributed by atoms with Gasteiger partial charge >= 0.3 is 0 Å². The molecule has 0 radical (unpaired) electrons. The Morgan fingerprint density at radius 3 is 2.52 bits per heavy atom. The Hall–Kier alpha value is -1.88. The fraction of sp³-hybridized carbons (Fsp3) is 0.375. The second-order valence-electron chi connectivity index (χ2n) is 5.20. The average Bonchev–Trinajstić information content (AvgIpc) is 2.76. The molecule has 2 rings (SSSR count). The number of nitrogens with one attached hydrogen (secondary N) is 2. The first-order valence-electron chi connectivity index (χ1n) is 6.95. The molecule has 0 fully saturated rings. The quantitative estimate of drug-likeness (QED) is 0.907. The van der Waals surface area contributed by atoms with E-state index in [2.05, 4.69) is 35.5 Å². The number of rotatable bonds is 4. The van der Waals surface area contributed by atoms with E-state index < -0.39 is 0 Å². The highest BCUT2D eigenvalue weighted by molar-refractivity contribution is 7.12. The summed E-state index contributed by atoms with van der Waals surface area (Å²) in [6, 6.07) is 5.70. The van der Waals surface area contributed by atoms with E-state index in [0.29, 0.717) is 11.4 Å². The molecule has 0 aliphatic carbocycles. The van der Waals surface area contributed by atoms with Gasteiger partial charge in [-0.15, -0.1) is 11.3 Å². The van der Waals surface area contributed by atoms with Crippen molar-refractivity contribution in [1.82, 2.24) is 10.3 Å². The molecule has 2 aromatic heterocycles. The number of anilines is 1. The minimum atomic E-state index is -0.0762. The lowest BCUT2D eigenvalue weighted by Gasteiger charge is -2.14. The van der Waals surface area contributed by atoms with Crippen LogP contribution in [0.3, 0.4) is 0 Å². The largest absolute Gasteiger partial charge is 0.373 e. The van der Waals surface area contributed by atoms with Gasteiger partial charge in [0.05, 0.1) is 6.04 Å². The topological polar surface area (TPSA) is 54.0 Å². The molecule has 0 bridgehead atoms. The molecule has 1 atom stereocenters. The van der Waals surface area contributed by atoms with Gasteiger partial charge in [-0.2, -0.15) is 0 Å². The third kappa shape index (κ3) is 3.61. The standard InChI is InChI=1S/C16H21N3OS/c1-9-6-13(8-15(17-5)18-9)16(20)19-11(3)14-7-10(2)21-12(14)4/h6-8,11H,1-5H3,(H,17,18)(H,19,20). The van der Waals surface area contributed by atoms with E-state index in [1.807, 2.05) is 13.8 Å². The fourth-order valence-corrected chi connectivity index (χ4v) is 3.39. The maximum atomic E-state index is 12.4. The summed E-state index contributed by atoms with van der Waals surface area (Å²) in [6.45, 7) is 8.07. The number of carbonyl (C=O) groups is 1. The van der Waals surface area contributed by atoms with Crippen LogP contribution in [0.4, 0.5) is 5.82 Å². The highest BCUT2D eigenvalue weighted by Crippen LogP contribution is 2.26. The Bertz CT molecular complexity index is 664. The molecule has 2 N–H and O–H groups in total. The van der Waals surface area contributed by atoms with Crippen molar-refractivity contribution in [2.75, 3.05) is 12.4 Å². The number of carbonyl (C=O) groups excluding carboxylic acids is 1. The zero-order valence-electron chi connectivity index (χ0n) is 13.1. The second kappa shape index (κ2) is 6.26. The number of amides is 1. The Morgan fingerprint density at radius 2 is 1.95 bits per heavy atom. The molecule has 2 aromatic rings. The van der Waals surface area contributed by atoms with Crippen LogP contribution in [0.2, 0.25) is 0 Å². The van der Waals surface area contributed by atoms with Gasteiger partial charge in [-0.05, 0) is 51.5 Å². The summed E-state index contributed by atoms with van der Waals surface area (Å²) in [6.07, 6.45) is 0. The maximum Gasteiger partial charge on any atom is 0.251 e. The van der Waals surface area contributed by atoms with E-state index in [1.54, 1.807) is 30.5 Å². The van der Waals surface area contributed by atoms with Crippen molar-refractivity contribution in [1.29, 1.82) is 0 Å². The Morgan fingerprint density at radius 1 is 1.24 bits per heavy atom. The number of hydrogen-bond acceptors (Lipinski definition) is 4. The van der Waals surface area contributed by atoms with Gasteiger partial charge in [0.2, 0.25) is 0 Å². The molecule has 112 valence electrons. The molecule has 4 nitrogen and oxygen atoms in total. The van der Waals surface area contributed by atoms with Gasteiger partial charge in [0, 0.05) is 28.1 Å². The van der Waals surface area contributed by atoms with Crippen LogP contribution in [0, 0.1) is 20.8 Å². The zero-order valence-corrected chi connectivity index (χ0v) is 13.9. The number of pyridine rings is 1. The molecular formula is C16H21N3OS. The molecule has 5 heteroatoms. The lowest BCUT2D eigenvalue weighted by Crippen LogP contribution is -2.27. The first kappa shape index (κ1) is 15.5. The van der Waals surface area contributed by atoms with Gasteiger partial charge in [-0.25, -0.2) is 4.98 Å². The van der Waals surface area contributed by atoms with E-state index >= 15 is 0 Å². The Labute approximate surface area is 129 Å². The van der Waals surface area contributed by atoms with Crippen molar-refractivity contribution in [3.8, 4) is 0 Å². The monoisotopic (exact) mass is 303 g/mol. The van der Waals surface area contributed by atoms with Crippen molar-refractivity contribution in [2.45, 2.75) is 33.7 Å². The lowest BCUT2D eigenvalue weighted by atomic mass is 10.1. The third-order valence-corrected chi connectivity index (χ3v) is 4.35. The van der Waals surface area contributed by atoms with Gasteiger partial charge < -0.3 is 10.6 Å². The minimum absolute atomic E-state index is 0.00560. The normalized spacial score (nSPS) is 12.0. The number of aryl methyl sites for hydroxylation is 3. The van der Waals surface area contributed by atoms with Crippen molar-refractivity contribution in [3.05, 3.63) is 44.8 Å². The molecule has 2 heterocycles. The Balaban J connectivity index is 2.18. The van der Waals surface area contributed by atoms with Crippen molar-refractivity contribution in [3.63, 3.8) is 0 Å². The summed E-state index contributed by atoms with van der Waals surface area (Å²) in [4.78, 5) is 19.2. The molecule has 0 saturated carbocycles. The SMILES string of the molecule is CNc1cc(C(=O)NC(C)c2cc(C)sc2C)cc(C)n1. The van der Waals surface area contributed by atoms with Crippen LogP contribution in [-0.2, 0) is 0 Å². The van der Waals surface area contributed by atoms with Crippen molar-refractivity contribution < 1.29 is 4.79 Å². The number of aromatic nitrogens is 1. The molecule has 0 aliphatic heterocycles. The maximum absolute atomic E-state index is 12.4. The molecule has 0 spiro atoms. The first-order chi connectivity index (χ1) is 9.90. The van der Waals surface area contributed by atoms with Crippen LogP contribution in [0.5, 0.6) is 0 Å². The first-order valence-corrected chi connectivity index (χ1v) is 7.76. The molecule has 0 aromatic carbocycles. The van der Waals surface area contributed by atoms with Crippen LogP contribution in [0.15, 0.2) is 18.2 Å². The smallest absolute Gasteiger partial charge is 0.251 e. The number of nitrogens with zero attached hydrogens (tertiary/aromatic N) is 1. The summed E-state index contributed by atoms with van der Waals surface area (Å²) in [7, 11) is 1.80. The van der Waals surface area contributed by atoms with Crippen LogP contribution < -0.4 is 10.6 Å². The van der Waals surface area contributed by atoms with E-state index in [4.69, 9.17) is 0 Å². The highest BCUT2D eigenvalue weighted by atomic mass is 32.1. The van der Waals surface area contributed by atoms with Gasteiger partial charge in [-0.1, -0.05) is 0 Å². The zero-order chi connectivity index (χ0) is 15.6. The van der Waals surface area contributed by atoms with Crippen LogP contribution in [0.25, 0.3) is 0 Å². The summed E-state index contributed by atoms with van der Waals surface area (Å²) < 4.78 is 0. The van der Waals surface area contributed by atoms with Crippen molar-refractivity contribution in [2.24, 2.45) is 0 Å². The summed E-state index contributed by atoms with van der Waals surface area (Å²) in [5.74, 6) is 0.628. The van der Waals surface area contributed by atoms with Gasteiger partial charge in [-0.3, -0.25) is 4.79 Å². The van der Waals surface area contributed by atoms with Crippen molar-refractivity contribution >= 4 is 23.1 Å². The molecule has 0 saturated heterocycles. The molecular weight excluding hydrogens is 282 g/mol. The van der Waals surface area contributed by atoms with Gasteiger partial charge in [0.25, 0.3) is 5.91 Å². The average molecular weight is 303 g/mol. The predicted molar refractivity (Wildman–Crippen MR) is 88.2 cm³/mol. The Kier molecular flexibility index (Phi) is 4.63. The number of hydrogen-bond donors (Lipinski definition) is 2. The number of thiophene rings is 1. The van der Waals surface area contributed by atoms with Crippen LogP contribution in [0.1, 0.15) is 44.3 Å².